The number of nitrogens with zero attached hydrogens (tertiary/aromatic N) is 4. The first kappa shape index (κ1) is 16.1. The molecule has 2 aromatic rings. The van der Waals surface area contributed by atoms with E-state index in [-0.39, 0.29) is 11.2 Å². The van der Waals surface area contributed by atoms with E-state index >= 15 is 0 Å². The minimum atomic E-state index is -0.133. The average Bonchev–Trinajstić information content (AvgIpc) is 3.19. The highest BCUT2D eigenvalue weighted by Gasteiger charge is 2.32. The third-order valence-electron chi connectivity index (χ3n) is 4.75. The molecule has 5 nitrogen and oxygen atoms in total. The smallest absolute Gasteiger partial charge is 0.236 e. The lowest BCUT2D eigenvalue weighted by molar-refractivity contribution is -0.131. The molecule has 0 spiro atoms. The van der Waals surface area contributed by atoms with Gasteiger partial charge >= 0.3 is 0 Å². The molecular weight excluding hydrogens is 340 g/mol. The molecule has 3 heterocycles. The van der Waals surface area contributed by atoms with E-state index < -0.39 is 0 Å². The highest BCUT2D eigenvalue weighted by molar-refractivity contribution is 8.00. The monoisotopic (exact) mass is 362 g/mol. The molecule has 1 atom stereocenters. The van der Waals surface area contributed by atoms with Crippen LogP contribution in [0.4, 0.5) is 0 Å². The predicted octanol–water partition coefficient (Wildman–Crippen LogP) is 3.30. The SMILES string of the molecule is CCn1c(SC(C)C(=O)N2CCc3sccc3C2)nnc1C1CC1. The summed E-state index contributed by atoms with van der Waals surface area (Å²) < 4.78 is 2.18. The number of hydrogen-bond acceptors (Lipinski definition) is 5. The van der Waals surface area contributed by atoms with E-state index in [1.54, 1.807) is 23.1 Å². The second kappa shape index (κ2) is 6.52. The Labute approximate surface area is 150 Å². The maximum atomic E-state index is 12.8. The van der Waals surface area contributed by atoms with Gasteiger partial charge in [-0.25, -0.2) is 0 Å². The predicted molar refractivity (Wildman–Crippen MR) is 96.4 cm³/mol. The van der Waals surface area contributed by atoms with Crippen molar-refractivity contribution in [1.82, 2.24) is 19.7 Å². The number of rotatable bonds is 5. The Balaban J connectivity index is 1.44. The summed E-state index contributed by atoms with van der Waals surface area (Å²) in [5, 5.41) is 11.6. The minimum Gasteiger partial charge on any atom is -0.337 e. The van der Waals surface area contributed by atoms with Crippen molar-refractivity contribution in [2.45, 2.75) is 62.5 Å². The van der Waals surface area contributed by atoms with Crippen molar-refractivity contribution >= 4 is 29.0 Å². The Bertz CT molecular complexity index is 750. The number of fused-ring (bicyclic) bond motifs is 1. The zero-order valence-electron chi connectivity index (χ0n) is 14.1. The zero-order chi connectivity index (χ0) is 16.7. The van der Waals surface area contributed by atoms with Crippen LogP contribution < -0.4 is 0 Å². The van der Waals surface area contributed by atoms with Crippen LogP contribution in [0, 0.1) is 0 Å². The maximum Gasteiger partial charge on any atom is 0.236 e. The Morgan fingerprint density at radius 2 is 2.29 bits per heavy atom. The van der Waals surface area contributed by atoms with Crippen LogP contribution >= 0.6 is 23.1 Å². The number of thioether (sulfide) groups is 1. The normalized spacial score (nSPS) is 18.5. The molecule has 0 N–H and O–H groups in total. The quantitative estimate of drug-likeness (QED) is 0.766. The third-order valence-corrected chi connectivity index (χ3v) is 6.84. The van der Waals surface area contributed by atoms with Gasteiger partial charge in [-0.2, -0.15) is 0 Å². The molecule has 1 unspecified atom stereocenters. The number of aromatic nitrogens is 3. The molecule has 0 bridgehead atoms. The summed E-state index contributed by atoms with van der Waals surface area (Å²) >= 11 is 3.35. The Morgan fingerprint density at radius 1 is 1.46 bits per heavy atom. The lowest BCUT2D eigenvalue weighted by Gasteiger charge is -2.29. The first-order valence-corrected chi connectivity index (χ1v) is 10.4. The molecule has 4 rings (SSSR count). The van der Waals surface area contributed by atoms with Crippen molar-refractivity contribution in [3.63, 3.8) is 0 Å². The lowest BCUT2D eigenvalue weighted by atomic mass is 10.1. The fraction of sp³-hybridized carbons (Fsp3) is 0.588. The summed E-state index contributed by atoms with van der Waals surface area (Å²) in [5.41, 5.74) is 1.31. The number of amides is 1. The molecule has 128 valence electrons. The summed E-state index contributed by atoms with van der Waals surface area (Å²) in [5.74, 6) is 1.88. The van der Waals surface area contributed by atoms with E-state index in [0.29, 0.717) is 5.92 Å². The fourth-order valence-corrected chi connectivity index (χ4v) is 5.12. The topological polar surface area (TPSA) is 51.0 Å². The summed E-state index contributed by atoms with van der Waals surface area (Å²) in [6.45, 7) is 6.54. The van der Waals surface area contributed by atoms with E-state index in [9.17, 15) is 4.79 Å². The van der Waals surface area contributed by atoms with Gasteiger partial charge in [0.05, 0.1) is 5.25 Å². The highest BCUT2D eigenvalue weighted by Crippen LogP contribution is 2.40. The molecule has 0 radical (unpaired) electrons. The van der Waals surface area contributed by atoms with Crippen LogP contribution in [0.3, 0.4) is 0 Å². The van der Waals surface area contributed by atoms with Gasteiger partial charge in [0.1, 0.15) is 5.82 Å². The van der Waals surface area contributed by atoms with Crippen LogP contribution in [0.5, 0.6) is 0 Å². The number of carbonyl (C=O) groups excluding carboxylic acids is 1. The van der Waals surface area contributed by atoms with E-state index in [2.05, 4.69) is 33.1 Å². The molecule has 2 aliphatic rings. The van der Waals surface area contributed by atoms with Crippen molar-refractivity contribution < 1.29 is 4.79 Å². The molecule has 1 fully saturated rings. The molecule has 1 amide bonds. The summed E-state index contributed by atoms with van der Waals surface area (Å²) in [6.07, 6.45) is 3.41. The van der Waals surface area contributed by atoms with Crippen LogP contribution in [0.1, 0.15) is 48.9 Å². The number of carbonyl (C=O) groups is 1. The van der Waals surface area contributed by atoms with Gasteiger partial charge in [-0.05, 0) is 50.1 Å². The van der Waals surface area contributed by atoms with Crippen molar-refractivity contribution in [1.29, 1.82) is 0 Å². The summed E-state index contributed by atoms with van der Waals surface area (Å²) in [7, 11) is 0. The van der Waals surface area contributed by atoms with Gasteiger partial charge in [0, 0.05) is 30.4 Å². The van der Waals surface area contributed by atoms with Crippen molar-refractivity contribution in [3.8, 4) is 0 Å². The van der Waals surface area contributed by atoms with E-state index in [1.807, 2.05) is 11.8 Å². The van der Waals surface area contributed by atoms with Gasteiger partial charge in [0.15, 0.2) is 5.16 Å². The van der Waals surface area contributed by atoms with E-state index in [1.165, 1.54) is 23.3 Å². The Hall–Kier alpha value is -1.34. The van der Waals surface area contributed by atoms with Crippen LogP contribution in [0.15, 0.2) is 16.6 Å². The molecule has 1 aliphatic carbocycles. The van der Waals surface area contributed by atoms with Gasteiger partial charge in [-0.15, -0.1) is 21.5 Å². The lowest BCUT2D eigenvalue weighted by Crippen LogP contribution is -2.39. The average molecular weight is 363 g/mol. The summed E-state index contributed by atoms with van der Waals surface area (Å²) in [6, 6.07) is 2.15. The fourth-order valence-electron chi connectivity index (χ4n) is 3.23. The van der Waals surface area contributed by atoms with Crippen molar-refractivity contribution in [3.05, 3.63) is 27.7 Å². The third kappa shape index (κ3) is 2.99. The first-order valence-electron chi connectivity index (χ1n) is 8.61. The maximum absolute atomic E-state index is 12.8. The van der Waals surface area contributed by atoms with E-state index in [4.69, 9.17) is 0 Å². The van der Waals surface area contributed by atoms with Crippen LogP contribution in [-0.2, 0) is 24.3 Å². The Kier molecular flexibility index (Phi) is 4.39. The van der Waals surface area contributed by atoms with Gasteiger partial charge in [0.25, 0.3) is 0 Å². The first-order chi connectivity index (χ1) is 11.7. The highest BCUT2D eigenvalue weighted by atomic mass is 32.2. The van der Waals surface area contributed by atoms with Crippen LogP contribution in [0.25, 0.3) is 0 Å². The van der Waals surface area contributed by atoms with Crippen LogP contribution in [-0.4, -0.2) is 37.4 Å². The molecule has 2 aromatic heterocycles. The van der Waals surface area contributed by atoms with Gasteiger partial charge in [-0.3, -0.25) is 4.79 Å². The molecule has 1 aliphatic heterocycles. The van der Waals surface area contributed by atoms with Crippen molar-refractivity contribution in [2.75, 3.05) is 6.54 Å². The molecule has 1 saturated carbocycles. The van der Waals surface area contributed by atoms with Crippen molar-refractivity contribution in [2.24, 2.45) is 0 Å². The molecule has 0 saturated heterocycles. The Morgan fingerprint density at radius 3 is 3.04 bits per heavy atom. The number of hydrogen-bond donors (Lipinski definition) is 0. The largest absolute Gasteiger partial charge is 0.337 e. The van der Waals surface area contributed by atoms with Gasteiger partial charge in [-0.1, -0.05) is 11.8 Å². The van der Waals surface area contributed by atoms with Crippen LogP contribution in [0.2, 0.25) is 0 Å². The zero-order valence-corrected chi connectivity index (χ0v) is 15.7. The molecule has 7 heteroatoms. The summed E-state index contributed by atoms with van der Waals surface area (Å²) in [4.78, 5) is 16.3. The molecular formula is C17H22N4OS2. The standard InChI is InChI=1S/C17H22N4OS2/c1-3-21-15(12-4-5-12)18-19-17(21)24-11(2)16(22)20-8-6-14-13(10-20)7-9-23-14/h7,9,11-12H,3-6,8,10H2,1-2H3. The van der Waals surface area contributed by atoms with E-state index in [0.717, 1.165) is 37.0 Å². The number of thiophene rings is 1. The second-order valence-electron chi connectivity index (χ2n) is 6.50. The van der Waals surface area contributed by atoms with Gasteiger partial charge in [0.2, 0.25) is 5.91 Å². The molecule has 0 aromatic carbocycles. The van der Waals surface area contributed by atoms with Gasteiger partial charge < -0.3 is 9.47 Å². The second-order valence-corrected chi connectivity index (χ2v) is 8.81. The minimum absolute atomic E-state index is 0.133. The molecule has 24 heavy (non-hydrogen) atoms.